The van der Waals surface area contributed by atoms with Crippen molar-refractivity contribution in [3.8, 4) is 5.75 Å². The lowest BCUT2D eigenvalue weighted by atomic mass is 10.3. The van der Waals surface area contributed by atoms with E-state index in [2.05, 4.69) is 31.9 Å². The molecule has 0 spiro atoms. The molecule has 1 rings (SSSR count). The second kappa shape index (κ2) is 6.53. The molecule has 0 aromatic heterocycles. The van der Waals surface area contributed by atoms with Crippen molar-refractivity contribution in [3.63, 3.8) is 0 Å². The van der Waals surface area contributed by atoms with Crippen LogP contribution in [-0.2, 0) is 14.6 Å². The summed E-state index contributed by atoms with van der Waals surface area (Å²) in [7, 11) is -3.44. The van der Waals surface area contributed by atoms with Crippen molar-refractivity contribution in [1.29, 1.82) is 0 Å². The molecule has 100 valence electrons. The summed E-state index contributed by atoms with van der Waals surface area (Å²) in [6, 6.07) is 5.77. The third kappa shape index (κ3) is 4.25. The molecule has 0 amide bonds. The quantitative estimate of drug-likeness (QED) is 0.740. The number of carboxylic acid groups (broad SMARTS) is 1. The summed E-state index contributed by atoms with van der Waals surface area (Å²) in [6.07, 6.45) is -0.106. The molecule has 0 heterocycles. The van der Waals surface area contributed by atoms with Gasteiger partial charge in [0.15, 0.2) is 3.07 Å². The molecular weight excluding hydrogens is 392 g/mol. The number of rotatable bonds is 6. The van der Waals surface area contributed by atoms with Crippen LogP contribution in [0.5, 0.6) is 5.75 Å². The number of halogens is 2. The lowest BCUT2D eigenvalue weighted by Crippen LogP contribution is -2.08. The normalized spacial score (nSPS) is 11.5. The molecule has 0 aliphatic heterocycles. The number of benzene rings is 1. The lowest BCUT2D eigenvalue weighted by molar-refractivity contribution is -0.137. The fourth-order valence-corrected chi connectivity index (χ4v) is 3.10. The minimum absolute atomic E-state index is 0.0426. The fourth-order valence-electron chi connectivity index (χ4n) is 1.08. The Balaban J connectivity index is 2.72. The molecule has 18 heavy (non-hydrogen) atoms. The summed E-state index contributed by atoms with van der Waals surface area (Å²) in [5, 5.41) is 8.43. The largest absolute Gasteiger partial charge is 0.493 e. The third-order valence-corrected chi connectivity index (χ3v) is 6.32. The summed E-state index contributed by atoms with van der Waals surface area (Å²) < 4.78 is 27.8. The van der Waals surface area contributed by atoms with Crippen LogP contribution in [0.3, 0.4) is 0 Å². The number of carboxylic acids is 1. The second-order valence-electron chi connectivity index (χ2n) is 3.27. The third-order valence-electron chi connectivity index (χ3n) is 1.97. The number of ether oxygens (including phenoxy) is 1. The highest BCUT2D eigenvalue weighted by Gasteiger charge is 2.21. The van der Waals surface area contributed by atoms with Crippen molar-refractivity contribution in [2.24, 2.45) is 0 Å². The summed E-state index contributed by atoms with van der Waals surface area (Å²) >= 11 is 5.88. The maximum Gasteiger partial charge on any atom is 0.306 e. The van der Waals surface area contributed by atoms with Gasteiger partial charge in [0, 0.05) is 0 Å². The van der Waals surface area contributed by atoms with Crippen LogP contribution in [0.1, 0.15) is 6.42 Å². The highest BCUT2D eigenvalue weighted by atomic mass is 79.9. The van der Waals surface area contributed by atoms with E-state index >= 15 is 0 Å². The number of hydrogen-bond donors (Lipinski definition) is 1. The van der Waals surface area contributed by atoms with E-state index in [1.54, 1.807) is 0 Å². The van der Waals surface area contributed by atoms with Gasteiger partial charge < -0.3 is 9.84 Å². The fraction of sp³-hybridized carbons (Fsp3) is 0.300. The molecule has 0 atom stereocenters. The average Bonchev–Trinajstić information content (AvgIpc) is 2.29. The van der Waals surface area contributed by atoms with Gasteiger partial charge in [-0.1, -0.05) is 31.9 Å². The number of carbonyl (C=O) groups is 1. The Kier molecular flexibility index (Phi) is 5.61. The molecule has 0 aliphatic carbocycles. The molecule has 0 radical (unpaired) electrons. The standard InChI is InChI=1S/C10H10Br2O5S/c11-10(12)18(15,16)8-3-1-7(2-4-8)17-6-5-9(13)14/h1-4,10H,5-6H2,(H,13,14). The molecule has 0 unspecified atom stereocenters. The van der Waals surface area contributed by atoms with Gasteiger partial charge in [-0.05, 0) is 24.3 Å². The van der Waals surface area contributed by atoms with Crippen LogP contribution in [0, 0.1) is 0 Å². The molecule has 0 fully saturated rings. The average molecular weight is 402 g/mol. The molecule has 0 bridgehead atoms. The van der Waals surface area contributed by atoms with Gasteiger partial charge in [0.05, 0.1) is 17.9 Å². The van der Waals surface area contributed by atoms with E-state index in [0.717, 1.165) is 0 Å². The number of hydrogen-bond acceptors (Lipinski definition) is 4. The van der Waals surface area contributed by atoms with Gasteiger partial charge in [-0.2, -0.15) is 0 Å². The molecule has 1 aromatic carbocycles. The molecular formula is C10H10Br2O5S. The molecule has 5 nitrogen and oxygen atoms in total. The van der Waals surface area contributed by atoms with E-state index in [0.29, 0.717) is 5.75 Å². The maximum absolute atomic E-state index is 11.7. The number of sulfone groups is 1. The van der Waals surface area contributed by atoms with Crippen LogP contribution in [0.2, 0.25) is 0 Å². The van der Waals surface area contributed by atoms with E-state index in [-0.39, 0.29) is 17.9 Å². The summed E-state index contributed by atoms with van der Waals surface area (Å²) in [6.45, 7) is 0.0426. The van der Waals surface area contributed by atoms with E-state index < -0.39 is 18.9 Å². The molecule has 1 N–H and O–H groups in total. The van der Waals surface area contributed by atoms with Crippen molar-refractivity contribution < 1.29 is 23.1 Å². The van der Waals surface area contributed by atoms with Crippen molar-refractivity contribution in [3.05, 3.63) is 24.3 Å². The van der Waals surface area contributed by atoms with Crippen LogP contribution in [0.25, 0.3) is 0 Å². The Morgan fingerprint density at radius 1 is 1.28 bits per heavy atom. The van der Waals surface area contributed by atoms with Crippen molar-refractivity contribution >= 4 is 47.7 Å². The van der Waals surface area contributed by atoms with E-state index in [1.165, 1.54) is 24.3 Å². The zero-order valence-corrected chi connectivity index (χ0v) is 13.0. The van der Waals surface area contributed by atoms with E-state index in [9.17, 15) is 13.2 Å². The van der Waals surface area contributed by atoms with Crippen LogP contribution >= 0.6 is 31.9 Å². The highest BCUT2D eigenvalue weighted by molar-refractivity contribution is 9.27. The van der Waals surface area contributed by atoms with Gasteiger partial charge in [0.2, 0.25) is 9.84 Å². The zero-order valence-electron chi connectivity index (χ0n) is 9.05. The van der Waals surface area contributed by atoms with Crippen LogP contribution in [0.15, 0.2) is 29.2 Å². The van der Waals surface area contributed by atoms with Gasteiger partial charge in [-0.25, -0.2) is 8.42 Å². The molecule has 0 aliphatic rings. The first kappa shape index (κ1) is 15.5. The summed E-state index contributed by atoms with van der Waals surface area (Å²) in [5.41, 5.74) is 0. The predicted molar refractivity (Wildman–Crippen MR) is 73.0 cm³/mol. The predicted octanol–water partition coefficient (Wildman–Crippen LogP) is 2.39. The Hall–Kier alpha value is -0.600. The van der Waals surface area contributed by atoms with Gasteiger partial charge in [-0.3, -0.25) is 4.79 Å². The smallest absolute Gasteiger partial charge is 0.306 e. The van der Waals surface area contributed by atoms with Crippen molar-refractivity contribution in [2.75, 3.05) is 6.61 Å². The van der Waals surface area contributed by atoms with Gasteiger partial charge >= 0.3 is 5.97 Å². The van der Waals surface area contributed by atoms with Crippen LogP contribution in [0.4, 0.5) is 0 Å². The monoisotopic (exact) mass is 400 g/mol. The zero-order chi connectivity index (χ0) is 13.8. The Bertz CT molecular complexity index is 510. The number of aliphatic carboxylic acids is 1. The Morgan fingerprint density at radius 2 is 1.83 bits per heavy atom. The first-order valence-corrected chi connectivity index (χ1v) is 8.18. The SMILES string of the molecule is O=C(O)CCOc1ccc(S(=O)(=O)C(Br)Br)cc1. The molecule has 0 saturated carbocycles. The maximum atomic E-state index is 11.7. The first-order chi connectivity index (χ1) is 8.34. The second-order valence-corrected chi connectivity index (χ2v) is 9.57. The van der Waals surface area contributed by atoms with Crippen LogP contribution < -0.4 is 4.74 Å². The van der Waals surface area contributed by atoms with E-state index in [1.807, 2.05) is 0 Å². The van der Waals surface area contributed by atoms with Gasteiger partial charge in [-0.15, -0.1) is 0 Å². The van der Waals surface area contributed by atoms with E-state index in [4.69, 9.17) is 9.84 Å². The topological polar surface area (TPSA) is 80.7 Å². The minimum atomic E-state index is -3.44. The highest BCUT2D eigenvalue weighted by Crippen LogP contribution is 2.26. The molecule has 0 saturated heterocycles. The summed E-state index contributed by atoms with van der Waals surface area (Å²) in [5.74, 6) is -0.522. The van der Waals surface area contributed by atoms with Crippen molar-refractivity contribution in [2.45, 2.75) is 14.4 Å². The Morgan fingerprint density at radius 3 is 2.28 bits per heavy atom. The molecule has 8 heteroatoms. The Labute approximate surface area is 121 Å². The van der Waals surface area contributed by atoms with Crippen molar-refractivity contribution in [1.82, 2.24) is 0 Å². The molecule has 1 aromatic rings. The van der Waals surface area contributed by atoms with Gasteiger partial charge in [0.1, 0.15) is 5.75 Å². The summed E-state index contributed by atoms with van der Waals surface area (Å²) in [4.78, 5) is 10.4. The number of alkyl halides is 2. The lowest BCUT2D eigenvalue weighted by Gasteiger charge is -2.07. The first-order valence-electron chi connectivity index (χ1n) is 4.81. The minimum Gasteiger partial charge on any atom is -0.493 e. The van der Waals surface area contributed by atoms with Crippen LogP contribution in [-0.4, -0.2) is 29.2 Å². The van der Waals surface area contributed by atoms with Gasteiger partial charge in [0.25, 0.3) is 0 Å².